The fourth-order valence-electron chi connectivity index (χ4n) is 6.78. The molecule has 222 valence electrons. The van der Waals surface area contributed by atoms with Crippen LogP contribution in [0.4, 0.5) is 11.6 Å². The second kappa shape index (κ2) is 11.5. The number of nitrogens with one attached hydrogen (secondary N) is 2. The number of fused-ring (bicyclic) bond motifs is 6. The van der Waals surface area contributed by atoms with Crippen LogP contribution in [0.2, 0.25) is 0 Å². The minimum absolute atomic E-state index is 0.130. The van der Waals surface area contributed by atoms with Crippen LogP contribution < -0.4 is 14.9 Å². The first-order valence-electron chi connectivity index (χ1n) is 15.1. The number of aromatic nitrogens is 2. The molecule has 9 heteroatoms. The van der Waals surface area contributed by atoms with Crippen LogP contribution in [-0.2, 0) is 10.2 Å². The highest BCUT2D eigenvalue weighted by atomic mass is 32.2. The summed E-state index contributed by atoms with van der Waals surface area (Å²) in [6, 6.07) is 10.1. The fraction of sp³-hybridized carbons (Fsp3) is 0.625. The van der Waals surface area contributed by atoms with Crippen molar-refractivity contribution in [2.45, 2.75) is 96.2 Å². The highest BCUT2D eigenvalue weighted by Crippen LogP contribution is 2.43. The topological polar surface area (TPSA) is 90.5 Å². The molecule has 0 saturated carbocycles. The minimum atomic E-state index is -0.157. The molecule has 5 heterocycles. The van der Waals surface area contributed by atoms with Crippen molar-refractivity contribution in [3.05, 3.63) is 41.6 Å². The first-order valence-corrected chi connectivity index (χ1v) is 15.9. The van der Waals surface area contributed by atoms with Crippen LogP contribution in [-0.4, -0.2) is 57.9 Å². The summed E-state index contributed by atoms with van der Waals surface area (Å²) in [6.45, 7) is 17.6. The Kier molecular flexibility index (Phi) is 8.30. The van der Waals surface area contributed by atoms with Gasteiger partial charge in [-0.3, -0.25) is 14.3 Å². The zero-order valence-corrected chi connectivity index (χ0v) is 26.5. The Hall–Kier alpha value is -2.81. The summed E-state index contributed by atoms with van der Waals surface area (Å²) >= 11 is 1.24. The Bertz CT molecular complexity index is 1280. The molecule has 2 amide bonds. The smallest absolute Gasteiger partial charge is 0.265 e. The summed E-state index contributed by atoms with van der Waals surface area (Å²) in [5.41, 5.74) is 1.32. The van der Waals surface area contributed by atoms with E-state index in [1.54, 1.807) is 6.92 Å². The molecule has 5 rings (SSSR count). The number of rotatable bonds is 1. The van der Waals surface area contributed by atoms with Crippen molar-refractivity contribution in [1.29, 1.82) is 0 Å². The van der Waals surface area contributed by atoms with Crippen LogP contribution in [0.25, 0.3) is 0 Å². The molecule has 41 heavy (non-hydrogen) atoms. The van der Waals surface area contributed by atoms with Crippen LogP contribution >= 0.6 is 11.9 Å². The van der Waals surface area contributed by atoms with E-state index in [1.807, 2.05) is 35.2 Å². The Morgan fingerprint density at radius 3 is 2.49 bits per heavy atom. The van der Waals surface area contributed by atoms with Crippen molar-refractivity contribution in [2.75, 3.05) is 29.9 Å². The maximum atomic E-state index is 13.6. The summed E-state index contributed by atoms with van der Waals surface area (Å²) in [4.78, 5) is 40.0. The second-order valence-electron chi connectivity index (χ2n) is 13.9. The molecule has 3 atom stereocenters. The van der Waals surface area contributed by atoms with Gasteiger partial charge in [0.05, 0.1) is 5.56 Å². The minimum Gasteiger partial charge on any atom is -0.367 e. The number of hydrogen-bond acceptors (Lipinski definition) is 7. The van der Waals surface area contributed by atoms with E-state index < -0.39 is 0 Å². The van der Waals surface area contributed by atoms with Crippen LogP contribution in [0.5, 0.6) is 0 Å². The van der Waals surface area contributed by atoms with Gasteiger partial charge in [0.15, 0.2) is 0 Å². The van der Waals surface area contributed by atoms with E-state index in [9.17, 15) is 9.59 Å². The average Bonchev–Trinajstić information content (AvgIpc) is 3.25. The molecular weight excluding hydrogens is 532 g/mol. The van der Waals surface area contributed by atoms with Gasteiger partial charge in [-0.15, -0.1) is 0 Å². The number of pyridine rings is 2. The van der Waals surface area contributed by atoms with E-state index in [4.69, 9.17) is 9.97 Å². The van der Waals surface area contributed by atoms with Gasteiger partial charge in [-0.25, -0.2) is 9.97 Å². The lowest BCUT2D eigenvalue weighted by Crippen LogP contribution is -2.43. The van der Waals surface area contributed by atoms with Crippen LogP contribution in [0, 0.1) is 17.8 Å². The Balaban J connectivity index is 1.51. The first kappa shape index (κ1) is 29.7. The summed E-state index contributed by atoms with van der Waals surface area (Å²) in [7, 11) is 0. The number of hydrogen-bond donors (Lipinski definition) is 2. The highest BCUT2D eigenvalue weighted by Gasteiger charge is 2.43. The monoisotopic (exact) mass is 578 g/mol. The largest absolute Gasteiger partial charge is 0.367 e. The molecule has 2 aromatic heterocycles. The normalized spacial score (nSPS) is 25.4. The van der Waals surface area contributed by atoms with E-state index in [0.717, 1.165) is 67.7 Å². The molecule has 0 aliphatic carbocycles. The standard InChI is InChI=1S/C32H46N6O2S/c1-20-17-25(22-13-15-37(16-14-22)21(2)39)33-27-9-8-10-28(35-27)41-36-30(40)24-11-12-26(31(3,4)5)34-29(24)38-19-23(20)18-32(38,6)7/h8-12,20,22-23,25H,13-19H2,1-7H3,(H,33,35)(H,36,40)/t20-,23-,25?/m0/s1. The molecule has 1 unspecified atom stereocenters. The lowest BCUT2D eigenvalue weighted by atomic mass is 9.79. The lowest BCUT2D eigenvalue weighted by molar-refractivity contribution is -0.130. The van der Waals surface area contributed by atoms with Gasteiger partial charge < -0.3 is 15.1 Å². The van der Waals surface area contributed by atoms with Gasteiger partial charge in [0.2, 0.25) is 5.91 Å². The number of nitrogens with zero attached hydrogens (tertiary/aromatic N) is 4. The molecule has 0 radical (unpaired) electrons. The number of piperidine rings is 1. The number of carbonyl (C=O) groups is 2. The lowest BCUT2D eigenvalue weighted by Gasteiger charge is -2.38. The fourth-order valence-corrected chi connectivity index (χ4v) is 7.37. The predicted molar refractivity (Wildman–Crippen MR) is 166 cm³/mol. The molecular formula is C32H46N6O2S. The molecule has 4 bridgehead atoms. The molecule has 2 aromatic rings. The van der Waals surface area contributed by atoms with Gasteiger partial charge in [-0.2, -0.15) is 0 Å². The molecule has 2 N–H and O–H groups in total. The summed E-state index contributed by atoms with van der Waals surface area (Å²) in [5.74, 6) is 2.99. The quantitative estimate of drug-likeness (QED) is 0.408. The highest BCUT2D eigenvalue weighted by molar-refractivity contribution is 7.97. The van der Waals surface area contributed by atoms with Gasteiger partial charge in [-0.05, 0) is 81.5 Å². The Morgan fingerprint density at radius 1 is 1.07 bits per heavy atom. The molecule has 3 aliphatic heterocycles. The number of amides is 2. The van der Waals surface area contributed by atoms with Crippen LogP contribution in [0.1, 0.15) is 90.2 Å². The molecule has 0 spiro atoms. The zero-order chi connectivity index (χ0) is 29.5. The second-order valence-corrected chi connectivity index (χ2v) is 14.7. The number of carbonyl (C=O) groups excluding carboxylic acids is 2. The molecule has 0 aromatic carbocycles. The van der Waals surface area contributed by atoms with Gasteiger partial charge >= 0.3 is 0 Å². The third kappa shape index (κ3) is 6.50. The van der Waals surface area contributed by atoms with Crippen molar-refractivity contribution in [3.63, 3.8) is 0 Å². The van der Waals surface area contributed by atoms with E-state index in [1.165, 1.54) is 11.9 Å². The Labute approximate surface area is 249 Å². The average molecular weight is 579 g/mol. The maximum absolute atomic E-state index is 13.6. The Morgan fingerprint density at radius 2 is 1.80 bits per heavy atom. The van der Waals surface area contributed by atoms with Crippen molar-refractivity contribution < 1.29 is 9.59 Å². The van der Waals surface area contributed by atoms with E-state index in [-0.39, 0.29) is 28.8 Å². The van der Waals surface area contributed by atoms with Crippen LogP contribution in [0.3, 0.4) is 0 Å². The van der Waals surface area contributed by atoms with Crippen molar-refractivity contribution in [3.8, 4) is 0 Å². The zero-order valence-electron chi connectivity index (χ0n) is 25.7. The van der Waals surface area contributed by atoms with Crippen molar-refractivity contribution in [2.24, 2.45) is 17.8 Å². The van der Waals surface area contributed by atoms with Crippen LogP contribution in [0.15, 0.2) is 35.4 Å². The summed E-state index contributed by atoms with van der Waals surface area (Å²) in [6.07, 6.45) is 4.04. The van der Waals surface area contributed by atoms with Crippen molar-refractivity contribution >= 4 is 35.4 Å². The summed E-state index contributed by atoms with van der Waals surface area (Å²) in [5, 5.41) is 4.53. The first-order chi connectivity index (χ1) is 19.3. The van der Waals surface area contributed by atoms with Gasteiger partial charge in [-0.1, -0.05) is 33.8 Å². The SMILES string of the molecule is CC(=O)N1CCC(C2C[C@H](C)[C@@H]3CN(c4nc(C(C)(C)C)ccc4C(=O)NSc4cccc(n4)N2)C(C)(C)C3)CC1. The van der Waals surface area contributed by atoms with Crippen molar-refractivity contribution in [1.82, 2.24) is 19.6 Å². The maximum Gasteiger partial charge on any atom is 0.265 e. The molecule has 2 fully saturated rings. The van der Waals surface area contributed by atoms with E-state index in [0.29, 0.717) is 23.3 Å². The predicted octanol–water partition coefficient (Wildman–Crippen LogP) is 5.89. The van der Waals surface area contributed by atoms with Gasteiger partial charge in [0.1, 0.15) is 16.7 Å². The van der Waals surface area contributed by atoms with E-state index >= 15 is 0 Å². The third-order valence-corrected chi connectivity index (χ3v) is 10.1. The molecule has 2 saturated heterocycles. The summed E-state index contributed by atoms with van der Waals surface area (Å²) < 4.78 is 3.04. The number of anilines is 2. The molecule has 3 aliphatic rings. The molecule has 8 nitrogen and oxygen atoms in total. The van der Waals surface area contributed by atoms with Gasteiger partial charge in [0, 0.05) is 61.2 Å². The third-order valence-electron chi connectivity index (χ3n) is 9.34. The number of likely N-dealkylation sites (tertiary alicyclic amines) is 1. The van der Waals surface area contributed by atoms with Gasteiger partial charge in [0.25, 0.3) is 5.91 Å². The van der Waals surface area contributed by atoms with E-state index in [2.05, 4.69) is 56.5 Å².